The molecule has 1 fully saturated rings. The standard InChI is InChI=1S/C80H99F2N15O21/c1-9-47-32-50(118-8)23-24-52(47)48-21-18-45(19-22-48)30-59(71(110)88-58(68(83)107)31-46-20-25-56(85-36-46)51-15-11-10-14-41(51)2)89-72(111)60(34-65(105)106)90-73(112)62(39-98)92-74(113)66(42(3)99)95-77(116)79(6,35-53-54(81)16-12-17-55(53)82)96-75(114)67(43(4)100)94-63(102)38-86-70(109)57(26-27-64(103)104)93-78(117)80(7)28-13-29-97(80)76(115)61(91-69(108)44(5)101)33-49-37-84-40-87-49/h10-12,14-25,32,36-37,40,42-44,57-62,66-67,98-101H,9,13,26-31,33-35,38-39H2,1-8H3,(H2,83,107)(H,84,87)(H,86,109)(H,88,110)(H,89,111)(H,90,112)(H,91,108)(H,92,113)(H,93,117)(H,94,102)(H,95,116)(H,96,114)(H,103,104)(H,105,106)/t42-,43-,44+,57+,58+,59+,60+,61+,62+,66+,67+,79-,80+/m1/s1. The predicted molar refractivity (Wildman–Crippen MR) is 417 cm³/mol. The Morgan fingerprint density at radius 2 is 1.26 bits per heavy atom. The zero-order chi connectivity index (χ0) is 87.0. The number of aliphatic carboxylic acids is 2. The minimum absolute atomic E-state index is 0.00159. The van der Waals surface area contributed by atoms with Gasteiger partial charge in [-0.3, -0.25) is 72.1 Å². The monoisotopic (exact) mass is 1640 g/mol. The fourth-order valence-electron chi connectivity index (χ4n) is 13.1. The Hall–Kier alpha value is -12.7. The summed E-state index contributed by atoms with van der Waals surface area (Å²) in [5, 5.41) is 85.2. The molecule has 1 aliphatic rings. The zero-order valence-corrected chi connectivity index (χ0v) is 66.0. The number of H-pyrrole nitrogens is 1. The van der Waals surface area contributed by atoms with Crippen molar-refractivity contribution in [1.29, 1.82) is 0 Å². The summed E-state index contributed by atoms with van der Waals surface area (Å²) >= 11 is 0. The molecule has 634 valence electrons. The van der Waals surface area contributed by atoms with Gasteiger partial charge in [0, 0.05) is 62.2 Å². The van der Waals surface area contributed by atoms with Crippen molar-refractivity contribution < 1.29 is 111 Å². The Morgan fingerprint density at radius 1 is 0.653 bits per heavy atom. The number of aliphatic hydroxyl groups excluding tert-OH is 4. The number of pyridine rings is 1. The van der Waals surface area contributed by atoms with Gasteiger partial charge in [-0.2, -0.15) is 0 Å². The molecule has 6 aromatic rings. The number of hydrogen-bond donors (Lipinski definition) is 18. The summed E-state index contributed by atoms with van der Waals surface area (Å²) in [6, 6.07) is 10.8. The van der Waals surface area contributed by atoms with Gasteiger partial charge in [0.05, 0.1) is 56.6 Å². The van der Waals surface area contributed by atoms with E-state index < -0.39 is 217 Å². The first-order valence-corrected chi connectivity index (χ1v) is 37.7. The highest BCUT2D eigenvalue weighted by atomic mass is 19.1. The van der Waals surface area contributed by atoms with Crippen LogP contribution in [0.1, 0.15) is 107 Å². The van der Waals surface area contributed by atoms with Crippen LogP contribution in [0, 0.1) is 18.6 Å². The highest BCUT2D eigenvalue weighted by Crippen LogP contribution is 2.32. The predicted octanol–water partition coefficient (Wildman–Crippen LogP) is -1.22. The fourth-order valence-corrected chi connectivity index (χ4v) is 13.1. The second-order valence-corrected chi connectivity index (χ2v) is 29.0. The van der Waals surface area contributed by atoms with Crippen LogP contribution in [-0.2, 0) is 99.2 Å². The summed E-state index contributed by atoms with van der Waals surface area (Å²) in [6.45, 7) is 6.72. The van der Waals surface area contributed by atoms with Gasteiger partial charge in [0.25, 0.3) is 0 Å². The quantitative estimate of drug-likeness (QED) is 0.0213. The van der Waals surface area contributed by atoms with Crippen molar-refractivity contribution in [2.45, 2.75) is 190 Å². The first-order valence-electron chi connectivity index (χ1n) is 37.7. The average Bonchev–Trinajstić information content (AvgIpc) is 1.60. The molecule has 3 heterocycles. The molecule has 0 unspecified atom stereocenters. The van der Waals surface area contributed by atoms with Crippen LogP contribution < -0.4 is 63.6 Å². The second-order valence-electron chi connectivity index (χ2n) is 29.0. The number of carboxylic acid groups (broad SMARTS) is 2. The molecular weight excluding hydrogens is 1540 g/mol. The second kappa shape index (κ2) is 42.3. The van der Waals surface area contributed by atoms with Gasteiger partial charge in [-0.25, -0.2) is 13.8 Å². The third-order valence-corrected chi connectivity index (χ3v) is 19.9. The number of imidazole rings is 1. The number of hydrogen-bond acceptors (Lipinski definition) is 21. The lowest BCUT2D eigenvalue weighted by Gasteiger charge is -2.37. The van der Waals surface area contributed by atoms with Gasteiger partial charge in [-0.05, 0) is 131 Å². The van der Waals surface area contributed by atoms with Crippen molar-refractivity contribution in [3.8, 4) is 28.1 Å². The van der Waals surface area contributed by atoms with Crippen LogP contribution in [0.25, 0.3) is 22.4 Å². The smallest absolute Gasteiger partial charge is 0.305 e. The minimum Gasteiger partial charge on any atom is -0.497 e. The van der Waals surface area contributed by atoms with E-state index in [-0.39, 0.29) is 38.6 Å². The molecule has 1 aliphatic heterocycles. The number of carbonyl (C=O) groups is 14. The van der Waals surface area contributed by atoms with E-state index in [1.165, 1.54) is 39.7 Å². The molecule has 118 heavy (non-hydrogen) atoms. The van der Waals surface area contributed by atoms with Gasteiger partial charge in [-0.15, -0.1) is 0 Å². The molecule has 2 aromatic heterocycles. The van der Waals surface area contributed by atoms with Gasteiger partial charge in [0.2, 0.25) is 70.9 Å². The number of aromatic amines is 1. The number of amides is 12. The van der Waals surface area contributed by atoms with Crippen LogP contribution in [0.5, 0.6) is 5.75 Å². The Bertz CT molecular complexity index is 4610. The molecule has 36 nitrogen and oxygen atoms in total. The number of primary amides is 1. The normalized spacial score (nSPS) is 16.4. The molecule has 13 atom stereocenters. The van der Waals surface area contributed by atoms with Gasteiger partial charge in [0.15, 0.2) is 0 Å². The first-order chi connectivity index (χ1) is 55.8. The molecule has 0 spiro atoms. The number of halogens is 2. The molecule has 0 aliphatic carbocycles. The van der Waals surface area contributed by atoms with Crippen LogP contribution in [0.4, 0.5) is 8.78 Å². The lowest BCUT2D eigenvalue weighted by atomic mass is 9.89. The summed E-state index contributed by atoms with van der Waals surface area (Å²) in [6.07, 6.45) is -4.73. The van der Waals surface area contributed by atoms with Crippen molar-refractivity contribution in [2.75, 3.05) is 26.8 Å². The number of ether oxygens (including phenoxy) is 1. The van der Waals surface area contributed by atoms with Crippen molar-refractivity contribution >= 4 is 82.8 Å². The van der Waals surface area contributed by atoms with E-state index >= 15 is 8.78 Å². The van der Waals surface area contributed by atoms with Gasteiger partial charge < -0.3 is 104 Å². The maximum Gasteiger partial charge on any atom is 0.305 e. The minimum atomic E-state index is -2.70. The van der Waals surface area contributed by atoms with Crippen LogP contribution in [0.2, 0.25) is 0 Å². The Balaban J connectivity index is 1.06. The topological polar surface area (TPSA) is 561 Å². The van der Waals surface area contributed by atoms with E-state index in [4.69, 9.17) is 10.5 Å². The summed E-state index contributed by atoms with van der Waals surface area (Å²) in [5.41, 5.74) is 6.72. The molecule has 38 heteroatoms. The molecule has 1 saturated heterocycles. The molecule has 0 saturated carbocycles. The Labute approximate surface area is 676 Å². The van der Waals surface area contributed by atoms with Crippen LogP contribution in [0.15, 0.2) is 116 Å². The molecule has 7 rings (SSSR count). The van der Waals surface area contributed by atoms with E-state index in [0.29, 0.717) is 34.7 Å². The lowest BCUT2D eigenvalue weighted by Crippen LogP contribution is -2.67. The summed E-state index contributed by atoms with van der Waals surface area (Å²) in [7, 11) is 1.53. The molecule has 19 N–H and O–H groups in total. The van der Waals surface area contributed by atoms with Crippen LogP contribution >= 0.6 is 0 Å². The van der Waals surface area contributed by atoms with Gasteiger partial charge in [-0.1, -0.05) is 73.7 Å². The van der Waals surface area contributed by atoms with Crippen molar-refractivity contribution in [3.05, 3.63) is 161 Å². The largest absolute Gasteiger partial charge is 0.497 e. The number of aliphatic hydroxyl groups is 4. The maximum absolute atomic E-state index is 15.6. The summed E-state index contributed by atoms with van der Waals surface area (Å²) < 4.78 is 36.6. The summed E-state index contributed by atoms with van der Waals surface area (Å²) in [5.74, 6) is -19.5. The number of aryl methyl sites for hydroxylation is 2. The number of carbonyl (C=O) groups excluding carboxylic acids is 12. The number of nitrogens with zero attached hydrogens (tertiary/aromatic N) is 3. The highest BCUT2D eigenvalue weighted by Gasteiger charge is 2.49. The molecule has 4 aromatic carbocycles. The number of benzene rings is 4. The fraction of sp³-hybridized carbons (Fsp3) is 0.425. The van der Waals surface area contributed by atoms with Crippen molar-refractivity contribution in [2.24, 2.45) is 5.73 Å². The Morgan fingerprint density at radius 3 is 1.85 bits per heavy atom. The first kappa shape index (κ1) is 92.5. The van der Waals surface area contributed by atoms with E-state index in [1.54, 1.807) is 42.5 Å². The maximum atomic E-state index is 15.6. The van der Waals surface area contributed by atoms with E-state index in [9.17, 15) is 97.8 Å². The average molecular weight is 1640 g/mol. The number of rotatable bonds is 42. The highest BCUT2D eigenvalue weighted by molar-refractivity contribution is 6.01. The number of nitrogens with two attached hydrogens (primary N) is 1. The van der Waals surface area contributed by atoms with E-state index in [1.807, 2.05) is 50.2 Å². The van der Waals surface area contributed by atoms with Crippen LogP contribution in [-0.4, -0.2) is 238 Å². The third-order valence-electron chi connectivity index (χ3n) is 19.9. The number of likely N-dealkylation sites (tertiary alicyclic amines) is 1. The number of nitrogens with one attached hydrogen (secondary N) is 11. The van der Waals surface area contributed by atoms with Gasteiger partial charge >= 0.3 is 11.9 Å². The van der Waals surface area contributed by atoms with Gasteiger partial charge in [0.1, 0.15) is 82.9 Å². The zero-order valence-electron chi connectivity index (χ0n) is 66.0. The van der Waals surface area contributed by atoms with Crippen molar-refractivity contribution in [1.82, 2.24) is 73.0 Å². The third kappa shape index (κ3) is 25.2. The number of aromatic nitrogens is 3. The van der Waals surface area contributed by atoms with Crippen LogP contribution in [0.3, 0.4) is 0 Å². The SMILES string of the molecule is CCc1cc(OC)ccc1-c1ccc(C[C@H](NC(=O)[C@H](CC(=O)O)NC(=O)[C@H](CO)NC(=O)[C@@H](NC(=O)[C@@](C)(Cc2c(F)cccc2F)NC(=O)[C@@H](NC(=O)CNC(=O)[C@H](CCC(=O)O)NC(=O)[C@]2(C)CCCN2C(=O)[C@H](Cc2c[nH]cn2)NC(=O)[C@H](C)O)[C@@H](C)O)[C@@H](C)O)C(=O)N[C@@H](Cc2ccc(-c3ccccc3C)nc2)C(N)=O)cc1. The number of methoxy groups -OCH3 is 1. The molecule has 0 bridgehead atoms. The number of carboxylic acids is 2. The molecule has 12 amide bonds. The van der Waals surface area contributed by atoms with Crippen molar-refractivity contribution in [3.63, 3.8) is 0 Å². The summed E-state index contributed by atoms with van der Waals surface area (Å²) in [4.78, 5) is 205. The van der Waals surface area contributed by atoms with E-state index in [2.05, 4.69) is 68.1 Å². The molecular formula is C80H99F2N15O21. The lowest BCUT2D eigenvalue weighted by molar-refractivity contribution is -0.148. The molecule has 0 radical (unpaired) electrons. The Kier molecular flexibility index (Phi) is 33.1. The van der Waals surface area contributed by atoms with E-state index in [0.717, 1.165) is 71.7 Å².